The van der Waals surface area contributed by atoms with Crippen molar-refractivity contribution < 1.29 is 23.9 Å². The fourth-order valence-corrected chi connectivity index (χ4v) is 1.47. The second-order valence-electron chi connectivity index (χ2n) is 5.34. The Balaban J connectivity index is 2.52. The fourth-order valence-electron chi connectivity index (χ4n) is 1.47. The molecule has 6 heteroatoms. The summed E-state index contributed by atoms with van der Waals surface area (Å²) in [6.07, 6.45) is -0.192. The summed E-state index contributed by atoms with van der Waals surface area (Å²) in [6, 6.07) is 6.28. The summed E-state index contributed by atoms with van der Waals surface area (Å²) >= 11 is 0. The number of nitrogens with one attached hydrogen (secondary N) is 1. The summed E-state index contributed by atoms with van der Waals surface area (Å²) in [5.74, 6) is -1.56. The molecule has 0 saturated heterocycles. The Morgan fingerprint density at radius 2 is 1.64 bits per heavy atom. The Hall–Kier alpha value is -2.37. The molecule has 1 aromatic carbocycles. The van der Waals surface area contributed by atoms with E-state index in [0.29, 0.717) is 11.3 Å². The Morgan fingerprint density at radius 1 is 1.05 bits per heavy atom. The molecule has 0 aliphatic heterocycles. The van der Waals surface area contributed by atoms with E-state index >= 15 is 0 Å². The molecule has 120 valence electrons. The van der Waals surface area contributed by atoms with Crippen molar-refractivity contribution >= 4 is 23.5 Å². The predicted molar refractivity (Wildman–Crippen MR) is 81.4 cm³/mol. The van der Waals surface area contributed by atoms with Crippen molar-refractivity contribution in [3.05, 3.63) is 29.8 Å². The third-order valence-corrected chi connectivity index (χ3v) is 2.56. The zero-order chi connectivity index (χ0) is 16.7. The number of carbonyl (C=O) groups excluding carboxylic acids is 3. The van der Waals surface area contributed by atoms with E-state index in [1.165, 1.54) is 0 Å². The lowest BCUT2D eigenvalue weighted by Crippen LogP contribution is -2.22. The van der Waals surface area contributed by atoms with Crippen molar-refractivity contribution in [3.8, 4) is 0 Å². The first-order valence-corrected chi connectivity index (χ1v) is 7.07. The van der Waals surface area contributed by atoms with Crippen LogP contribution < -0.4 is 5.32 Å². The maximum atomic E-state index is 11.7. The monoisotopic (exact) mass is 307 g/mol. The molecule has 1 aromatic rings. The maximum absolute atomic E-state index is 11.7. The standard InChI is InChI=1S/C16H21NO5/c1-10(2)15(19)21-9-14(18)17-13-7-5-12(6-8-13)16(20)22-11(3)4/h5-8,10-11H,9H2,1-4H3,(H,17,18). The van der Waals surface area contributed by atoms with Crippen LogP contribution in [0, 0.1) is 5.92 Å². The van der Waals surface area contributed by atoms with Crippen LogP contribution in [0.1, 0.15) is 38.1 Å². The first-order valence-electron chi connectivity index (χ1n) is 7.07. The Labute approximate surface area is 129 Å². The lowest BCUT2D eigenvalue weighted by Gasteiger charge is -2.10. The minimum Gasteiger partial charge on any atom is -0.459 e. The van der Waals surface area contributed by atoms with Gasteiger partial charge < -0.3 is 14.8 Å². The molecule has 1 amide bonds. The molecule has 0 unspecified atom stereocenters. The van der Waals surface area contributed by atoms with Crippen molar-refractivity contribution in [1.82, 2.24) is 0 Å². The quantitative estimate of drug-likeness (QED) is 0.816. The highest BCUT2D eigenvalue weighted by molar-refractivity contribution is 5.94. The summed E-state index contributed by atoms with van der Waals surface area (Å²) in [5.41, 5.74) is 0.907. The second kappa shape index (κ2) is 8.17. The molecule has 0 bridgehead atoms. The average molecular weight is 307 g/mol. The summed E-state index contributed by atoms with van der Waals surface area (Å²) in [4.78, 5) is 34.5. The molecule has 0 heterocycles. The number of anilines is 1. The molecule has 0 fully saturated rings. The van der Waals surface area contributed by atoms with E-state index < -0.39 is 17.8 Å². The summed E-state index contributed by atoms with van der Waals surface area (Å²) in [5, 5.41) is 2.57. The highest BCUT2D eigenvalue weighted by atomic mass is 16.5. The highest BCUT2D eigenvalue weighted by Gasteiger charge is 2.12. The van der Waals surface area contributed by atoms with Crippen LogP contribution in [-0.2, 0) is 19.1 Å². The number of amides is 1. The van der Waals surface area contributed by atoms with Gasteiger partial charge in [0.15, 0.2) is 6.61 Å². The van der Waals surface area contributed by atoms with Gasteiger partial charge in [0.05, 0.1) is 17.6 Å². The maximum Gasteiger partial charge on any atom is 0.338 e. The normalized spacial score (nSPS) is 10.5. The van der Waals surface area contributed by atoms with Crippen LogP contribution in [0.2, 0.25) is 0 Å². The second-order valence-corrected chi connectivity index (χ2v) is 5.34. The first kappa shape index (κ1) is 17.7. The van der Waals surface area contributed by atoms with Gasteiger partial charge >= 0.3 is 11.9 Å². The Morgan fingerprint density at radius 3 is 2.14 bits per heavy atom. The molecule has 22 heavy (non-hydrogen) atoms. The molecule has 0 aliphatic carbocycles. The third-order valence-electron chi connectivity index (χ3n) is 2.56. The number of hydrogen-bond donors (Lipinski definition) is 1. The van der Waals surface area contributed by atoms with Crippen LogP contribution in [-0.4, -0.2) is 30.6 Å². The summed E-state index contributed by atoms with van der Waals surface area (Å²) in [7, 11) is 0. The molecule has 1 N–H and O–H groups in total. The average Bonchev–Trinajstić information content (AvgIpc) is 2.44. The van der Waals surface area contributed by atoms with Crippen molar-refractivity contribution in [2.45, 2.75) is 33.8 Å². The van der Waals surface area contributed by atoms with Crippen molar-refractivity contribution in [2.24, 2.45) is 5.92 Å². The van der Waals surface area contributed by atoms with Crippen molar-refractivity contribution in [2.75, 3.05) is 11.9 Å². The zero-order valence-corrected chi connectivity index (χ0v) is 13.2. The van der Waals surface area contributed by atoms with Gasteiger partial charge in [-0.3, -0.25) is 9.59 Å². The topological polar surface area (TPSA) is 81.7 Å². The SMILES string of the molecule is CC(C)OC(=O)c1ccc(NC(=O)COC(=O)C(C)C)cc1. The molecule has 0 radical (unpaired) electrons. The zero-order valence-electron chi connectivity index (χ0n) is 13.2. The third kappa shape index (κ3) is 5.95. The lowest BCUT2D eigenvalue weighted by molar-refractivity contribution is -0.150. The molecule has 6 nitrogen and oxygen atoms in total. The van der Waals surface area contributed by atoms with Crippen LogP contribution in [0.5, 0.6) is 0 Å². The number of rotatable bonds is 6. The molecule has 0 aliphatic rings. The largest absolute Gasteiger partial charge is 0.459 e. The number of hydrogen-bond acceptors (Lipinski definition) is 5. The van der Waals surface area contributed by atoms with Crippen molar-refractivity contribution in [3.63, 3.8) is 0 Å². The van der Waals surface area contributed by atoms with E-state index in [9.17, 15) is 14.4 Å². The van der Waals surface area contributed by atoms with E-state index in [1.807, 2.05) is 0 Å². The predicted octanol–water partition coefficient (Wildman–Crippen LogP) is 2.39. The lowest BCUT2D eigenvalue weighted by atomic mass is 10.2. The molecule has 0 aromatic heterocycles. The van der Waals surface area contributed by atoms with E-state index in [-0.39, 0.29) is 18.6 Å². The number of esters is 2. The van der Waals surface area contributed by atoms with E-state index in [2.05, 4.69) is 5.32 Å². The van der Waals surface area contributed by atoms with Crippen LogP contribution in [0.4, 0.5) is 5.69 Å². The van der Waals surface area contributed by atoms with Gasteiger partial charge in [-0.15, -0.1) is 0 Å². The van der Waals surface area contributed by atoms with E-state index in [4.69, 9.17) is 9.47 Å². The van der Waals surface area contributed by atoms with Gasteiger partial charge in [0.1, 0.15) is 0 Å². The molecular formula is C16H21NO5. The van der Waals surface area contributed by atoms with E-state index in [0.717, 1.165) is 0 Å². The van der Waals surface area contributed by atoms with Gasteiger partial charge in [0, 0.05) is 5.69 Å². The van der Waals surface area contributed by atoms with Crippen LogP contribution >= 0.6 is 0 Å². The Kier molecular flexibility index (Phi) is 6.56. The Bertz CT molecular complexity index is 534. The van der Waals surface area contributed by atoms with Gasteiger partial charge in [-0.2, -0.15) is 0 Å². The van der Waals surface area contributed by atoms with Gasteiger partial charge in [-0.25, -0.2) is 4.79 Å². The minimum atomic E-state index is -0.438. The summed E-state index contributed by atoms with van der Waals surface area (Å²) < 4.78 is 9.88. The molecular weight excluding hydrogens is 286 g/mol. The highest BCUT2D eigenvalue weighted by Crippen LogP contribution is 2.11. The van der Waals surface area contributed by atoms with Gasteiger partial charge in [-0.05, 0) is 38.1 Å². The van der Waals surface area contributed by atoms with Gasteiger partial charge in [0.25, 0.3) is 5.91 Å². The molecule has 0 atom stereocenters. The molecule has 0 spiro atoms. The van der Waals surface area contributed by atoms with Crippen LogP contribution in [0.15, 0.2) is 24.3 Å². The molecule has 0 saturated carbocycles. The number of ether oxygens (including phenoxy) is 2. The minimum absolute atomic E-state index is 0.192. The number of carbonyl (C=O) groups is 3. The van der Waals surface area contributed by atoms with Crippen LogP contribution in [0.3, 0.4) is 0 Å². The fraction of sp³-hybridized carbons (Fsp3) is 0.438. The van der Waals surface area contributed by atoms with Gasteiger partial charge in [0.2, 0.25) is 0 Å². The smallest absolute Gasteiger partial charge is 0.338 e. The van der Waals surface area contributed by atoms with E-state index in [1.54, 1.807) is 52.0 Å². The van der Waals surface area contributed by atoms with Crippen LogP contribution in [0.25, 0.3) is 0 Å². The van der Waals surface area contributed by atoms with Crippen molar-refractivity contribution in [1.29, 1.82) is 0 Å². The number of benzene rings is 1. The summed E-state index contributed by atoms with van der Waals surface area (Å²) in [6.45, 7) is 6.58. The first-order chi connectivity index (χ1) is 10.3. The van der Waals surface area contributed by atoms with Gasteiger partial charge in [-0.1, -0.05) is 13.8 Å². The molecule has 1 rings (SSSR count).